The normalized spacial score (nSPS) is 10.6. The van der Waals surface area contributed by atoms with Gasteiger partial charge in [-0.25, -0.2) is 14.2 Å². The number of hydrogen-bond donors (Lipinski definition) is 1. The van der Waals surface area contributed by atoms with Crippen LogP contribution in [0, 0.1) is 5.82 Å². The molecule has 0 saturated heterocycles. The van der Waals surface area contributed by atoms with Crippen LogP contribution in [-0.4, -0.2) is 18.1 Å². The number of methoxy groups -OCH3 is 1. The van der Waals surface area contributed by atoms with Crippen LogP contribution >= 0.6 is 0 Å². The number of fused-ring (bicyclic) bond motifs is 1. The Morgan fingerprint density at radius 3 is 2.75 bits per heavy atom. The maximum Gasteiger partial charge on any atom is 0.356 e. The minimum Gasteiger partial charge on any atom is -0.464 e. The molecule has 0 unspecified atom stereocenters. The molecule has 0 atom stereocenters. The number of carbonyl (C=O) groups is 1. The summed E-state index contributed by atoms with van der Waals surface area (Å²) in [7, 11) is 1.31. The second-order valence-electron chi connectivity index (χ2n) is 5.39. The average Bonchev–Trinajstić information content (AvgIpc) is 2.60. The van der Waals surface area contributed by atoms with Gasteiger partial charge in [0.15, 0.2) is 5.69 Å². The van der Waals surface area contributed by atoms with Crippen LogP contribution in [-0.2, 0) is 11.2 Å². The highest BCUT2D eigenvalue weighted by Crippen LogP contribution is 2.28. The van der Waals surface area contributed by atoms with E-state index in [4.69, 9.17) is 4.74 Å². The van der Waals surface area contributed by atoms with Crippen molar-refractivity contribution in [2.75, 3.05) is 12.4 Å². The van der Waals surface area contributed by atoms with Crippen LogP contribution in [0.5, 0.6) is 0 Å². The van der Waals surface area contributed by atoms with E-state index in [1.165, 1.54) is 19.2 Å². The summed E-state index contributed by atoms with van der Waals surface area (Å²) in [5, 5.41) is 4.04. The number of aryl methyl sites for hydroxylation is 1. The summed E-state index contributed by atoms with van der Waals surface area (Å²) in [6.07, 6.45) is 0.883. The van der Waals surface area contributed by atoms with Crippen molar-refractivity contribution in [3.05, 3.63) is 65.6 Å². The summed E-state index contributed by atoms with van der Waals surface area (Å²) in [6, 6.07) is 13.7. The van der Waals surface area contributed by atoms with E-state index in [0.29, 0.717) is 16.9 Å². The van der Waals surface area contributed by atoms with Gasteiger partial charge in [-0.05, 0) is 48.4 Å². The number of anilines is 2. The van der Waals surface area contributed by atoms with Crippen molar-refractivity contribution in [1.29, 1.82) is 0 Å². The molecule has 0 aliphatic heterocycles. The predicted molar refractivity (Wildman–Crippen MR) is 92.1 cm³/mol. The number of rotatable bonds is 4. The lowest BCUT2D eigenvalue weighted by Crippen LogP contribution is -2.06. The highest BCUT2D eigenvalue weighted by atomic mass is 19.1. The van der Waals surface area contributed by atoms with E-state index in [1.807, 2.05) is 18.2 Å². The van der Waals surface area contributed by atoms with Gasteiger partial charge in [0.25, 0.3) is 0 Å². The molecule has 5 heteroatoms. The molecule has 0 saturated carbocycles. The number of benzene rings is 2. The van der Waals surface area contributed by atoms with Gasteiger partial charge >= 0.3 is 5.97 Å². The third-order valence-corrected chi connectivity index (χ3v) is 3.78. The third-order valence-electron chi connectivity index (χ3n) is 3.78. The largest absolute Gasteiger partial charge is 0.464 e. The number of pyridine rings is 1. The fraction of sp³-hybridized carbons (Fsp3) is 0.158. The van der Waals surface area contributed by atoms with E-state index < -0.39 is 5.97 Å². The van der Waals surface area contributed by atoms with Crippen molar-refractivity contribution in [3.63, 3.8) is 0 Å². The first-order chi connectivity index (χ1) is 11.6. The summed E-state index contributed by atoms with van der Waals surface area (Å²) in [6.45, 7) is 2.07. The molecule has 0 radical (unpaired) electrons. The van der Waals surface area contributed by atoms with E-state index in [1.54, 1.807) is 18.2 Å². The highest BCUT2D eigenvalue weighted by Gasteiger charge is 2.13. The van der Waals surface area contributed by atoms with E-state index in [2.05, 4.69) is 17.2 Å². The Morgan fingerprint density at radius 2 is 2.04 bits per heavy atom. The molecule has 1 heterocycles. The van der Waals surface area contributed by atoms with Crippen molar-refractivity contribution in [2.24, 2.45) is 0 Å². The number of carbonyl (C=O) groups excluding carboxylic acids is 1. The second kappa shape index (κ2) is 6.66. The number of esters is 1. The molecule has 0 spiro atoms. The number of ether oxygens (including phenoxy) is 1. The van der Waals surface area contributed by atoms with E-state index >= 15 is 0 Å². The molecule has 0 fully saturated rings. The average molecular weight is 324 g/mol. The topological polar surface area (TPSA) is 51.2 Å². The number of halogens is 1. The zero-order valence-corrected chi connectivity index (χ0v) is 13.5. The van der Waals surface area contributed by atoms with Crippen LogP contribution < -0.4 is 5.32 Å². The summed E-state index contributed by atoms with van der Waals surface area (Å²) in [4.78, 5) is 16.2. The molecular formula is C19H17FN2O2. The Kier molecular flexibility index (Phi) is 4.42. The van der Waals surface area contributed by atoms with Gasteiger partial charge in [0.05, 0.1) is 18.3 Å². The van der Waals surface area contributed by atoms with Gasteiger partial charge in [-0.15, -0.1) is 0 Å². The molecule has 1 N–H and O–H groups in total. The summed E-state index contributed by atoms with van der Waals surface area (Å²) >= 11 is 0. The Balaban J connectivity index is 2.16. The third kappa shape index (κ3) is 3.20. The number of hydrogen-bond acceptors (Lipinski definition) is 4. The highest BCUT2D eigenvalue weighted by molar-refractivity contribution is 5.99. The molecular weight excluding hydrogens is 307 g/mol. The van der Waals surface area contributed by atoms with E-state index in [-0.39, 0.29) is 11.5 Å². The minimum atomic E-state index is -0.515. The lowest BCUT2D eigenvalue weighted by Gasteiger charge is -2.12. The van der Waals surface area contributed by atoms with Crippen molar-refractivity contribution < 1.29 is 13.9 Å². The summed E-state index contributed by atoms with van der Waals surface area (Å²) in [5.41, 5.74) is 3.31. The van der Waals surface area contributed by atoms with Gasteiger partial charge in [-0.1, -0.05) is 19.1 Å². The summed E-state index contributed by atoms with van der Waals surface area (Å²) < 4.78 is 18.2. The van der Waals surface area contributed by atoms with Crippen LogP contribution in [0.2, 0.25) is 0 Å². The molecule has 24 heavy (non-hydrogen) atoms. The fourth-order valence-electron chi connectivity index (χ4n) is 2.53. The first-order valence-corrected chi connectivity index (χ1v) is 7.65. The van der Waals surface area contributed by atoms with Crippen LogP contribution in [0.3, 0.4) is 0 Å². The molecule has 122 valence electrons. The second-order valence-corrected chi connectivity index (χ2v) is 5.39. The first kappa shape index (κ1) is 15.9. The van der Waals surface area contributed by atoms with Crippen LogP contribution in [0.25, 0.3) is 10.9 Å². The Morgan fingerprint density at radius 1 is 1.21 bits per heavy atom. The summed E-state index contributed by atoms with van der Waals surface area (Å²) in [5.74, 6) is -0.848. The maximum atomic E-state index is 13.4. The molecule has 0 aliphatic carbocycles. The van der Waals surface area contributed by atoms with Gasteiger partial charge in [0.1, 0.15) is 5.82 Å². The molecule has 0 bridgehead atoms. The number of aromatic nitrogens is 1. The van der Waals surface area contributed by atoms with Crippen molar-refractivity contribution >= 4 is 28.2 Å². The first-order valence-electron chi connectivity index (χ1n) is 7.65. The van der Waals surface area contributed by atoms with Gasteiger partial charge in [0.2, 0.25) is 0 Å². The van der Waals surface area contributed by atoms with Gasteiger partial charge in [0, 0.05) is 11.1 Å². The number of nitrogens with zero attached hydrogens (tertiary/aromatic N) is 1. The van der Waals surface area contributed by atoms with E-state index in [9.17, 15) is 9.18 Å². The minimum absolute atomic E-state index is 0.202. The quantitative estimate of drug-likeness (QED) is 0.720. The lowest BCUT2D eigenvalue weighted by molar-refractivity contribution is 0.0594. The Bertz CT molecular complexity index is 909. The van der Waals surface area contributed by atoms with Crippen molar-refractivity contribution in [2.45, 2.75) is 13.3 Å². The Hall–Kier alpha value is -2.95. The molecule has 3 aromatic rings. The van der Waals surface area contributed by atoms with Crippen LogP contribution in [0.1, 0.15) is 23.0 Å². The van der Waals surface area contributed by atoms with Crippen LogP contribution in [0.4, 0.5) is 15.8 Å². The monoisotopic (exact) mass is 324 g/mol. The molecule has 3 rings (SSSR count). The smallest absolute Gasteiger partial charge is 0.356 e. The maximum absolute atomic E-state index is 13.4. The zero-order valence-electron chi connectivity index (χ0n) is 13.5. The van der Waals surface area contributed by atoms with E-state index in [0.717, 1.165) is 17.4 Å². The molecule has 0 amide bonds. The van der Waals surface area contributed by atoms with Crippen molar-refractivity contribution in [3.8, 4) is 0 Å². The zero-order chi connectivity index (χ0) is 17.1. The van der Waals surface area contributed by atoms with Gasteiger partial charge in [-0.2, -0.15) is 0 Å². The van der Waals surface area contributed by atoms with Crippen LogP contribution in [0.15, 0.2) is 48.5 Å². The number of nitrogens with one attached hydrogen (secondary N) is 1. The van der Waals surface area contributed by atoms with Gasteiger partial charge in [-0.3, -0.25) is 0 Å². The standard InChI is InChI=1S/C19H17FN2O2/c1-3-12-7-8-16-15(9-12)17(11-18(22-16)19(23)24-2)21-14-6-4-5-13(20)10-14/h4-11H,3H2,1-2H3,(H,21,22). The fourth-order valence-corrected chi connectivity index (χ4v) is 2.53. The Labute approximate surface area is 139 Å². The van der Waals surface area contributed by atoms with Crippen molar-refractivity contribution in [1.82, 2.24) is 4.98 Å². The van der Waals surface area contributed by atoms with Gasteiger partial charge < -0.3 is 10.1 Å². The lowest BCUT2D eigenvalue weighted by atomic mass is 10.1. The molecule has 1 aromatic heterocycles. The molecule has 4 nitrogen and oxygen atoms in total. The molecule has 2 aromatic carbocycles. The molecule has 0 aliphatic rings. The SMILES string of the molecule is CCc1ccc2nc(C(=O)OC)cc(Nc3cccc(F)c3)c2c1. The predicted octanol–water partition coefficient (Wildman–Crippen LogP) is 4.47.